The number of hydrogen-bond donors (Lipinski definition) is 1. The van der Waals surface area contributed by atoms with Crippen LogP contribution < -0.4 is 5.73 Å². The van der Waals surface area contributed by atoms with E-state index in [1.165, 1.54) is 5.56 Å². The van der Waals surface area contributed by atoms with Crippen LogP contribution in [0.5, 0.6) is 0 Å². The summed E-state index contributed by atoms with van der Waals surface area (Å²) in [7, 11) is 2.15. The van der Waals surface area contributed by atoms with Crippen LogP contribution in [-0.2, 0) is 0 Å². The normalized spacial score (nSPS) is 19.6. The third-order valence-electron chi connectivity index (χ3n) is 3.99. The summed E-state index contributed by atoms with van der Waals surface area (Å²) in [5.41, 5.74) is 7.66. The van der Waals surface area contributed by atoms with E-state index in [9.17, 15) is 4.39 Å². The molecule has 2 N–H and O–H groups in total. The zero-order chi connectivity index (χ0) is 13.8. The van der Waals surface area contributed by atoms with E-state index >= 15 is 0 Å². The molecule has 1 fully saturated rings. The van der Waals surface area contributed by atoms with Crippen molar-refractivity contribution >= 4 is 0 Å². The first-order valence-corrected chi connectivity index (χ1v) is 7.00. The average molecular weight is 265 g/mol. The van der Waals surface area contributed by atoms with Crippen LogP contribution in [0.25, 0.3) is 0 Å². The average Bonchev–Trinajstić information content (AvgIpc) is 2.41. The van der Waals surface area contributed by atoms with E-state index in [0.717, 1.165) is 32.6 Å². The Balaban J connectivity index is 2.16. The molecule has 1 aromatic carbocycles. The third kappa shape index (κ3) is 3.53. The fraction of sp³-hybridized carbons (Fsp3) is 0.600. The Hall–Kier alpha value is -0.970. The van der Waals surface area contributed by atoms with Crippen molar-refractivity contribution < 1.29 is 4.39 Å². The van der Waals surface area contributed by atoms with Gasteiger partial charge < -0.3 is 10.6 Å². The molecule has 2 rings (SSSR count). The molecule has 0 bridgehead atoms. The van der Waals surface area contributed by atoms with Gasteiger partial charge in [0.15, 0.2) is 0 Å². The van der Waals surface area contributed by atoms with Gasteiger partial charge >= 0.3 is 0 Å². The van der Waals surface area contributed by atoms with E-state index in [2.05, 4.69) is 16.8 Å². The minimum absolute atomic E-state index is 0.131. The first-order chi connectivity index (χ1) is 9.11. The van der Waals surface area contributed by atoms with E-state index in [-0.39, 0.29) is 5.82 Å². The maximum atomic E-state index is 13.4. The summed E-state index contributed by atoms with van der Waals surface area (Å²) in [6.07, 6.45) is 0.925. The molecular weight excluding hydrogens is 241 g/mol. The van der Waals surface area contributed by atoms with Gasteiger partial charge in [0.2, 0.25) is 0 Å². The first kappa shape index (κ1) is 14.4. The zero-order valence-corrected chi connectivity index (χ0v) is 11.9. The highest BCUT2D eigenvalue weighted by atomic mass is 19.1. The van der Waals surface area contributed by atoms with Gasteiger partial charge in [-0.25, -0.2) is 4.39 Å². The number of likely N-dealkylation sites (N-methyl/N-ethyl adjacent to an activating group) is 1. The van der Waals surface area contributed by atoms with Crippen LogP contribution in [0.2, 0.25) is 0 Å². The first-order valence-electron chi connectivity index (χ1n) is 7.00. The summed E-state index contributed by atoms with van der Waals surface area (Å²) < 4.78 is 13.4. The summed E-state index contributed by atoms with van der Waals surface area (Å²) in [6.45, 7) is 6.76. The topological polar surface area (TPSA) is 32.5 Å². The van der Waals surface area contributed by atoms with Crippen molar-refractivity contribution in [3.8, 4) is 0 Å². The Labute approximate surface area is 115 Å². The quantitative estimate of drug-likeness (QED) is 0.900. The van der Waals surface area contributed by atoms with E-state index in [4.69, 9.17) is 5.73 Å². The molecule has 106 valence electrons. The summed E-state index contributed by atoms with van der Waals surface area (Å²) in [4.78, 5) is 4.81. The molecule has 0 amide bonds. The lowest BCUT2D eigenvalue weighted by atomic mass is 9.99. The lowest BCUT2D eigenvalue weighted by Gasteiger charge is -2.38. The lowest BCUT2D eigenvalue weighted by Crippen LogP contribution is -2.46. The van der Waals surface area contributed by atoms with Gasteiger partial charge in [0.1, 0.15) is 5.82 Å². The standard InChI is InChI=1S/C15H24FN3/c1-12-11-13(3-4-14(12)16)15(5-6-17)19-9-7-18(2)8-10-19/h3-4,11,15H,5-10,17H2,1-2H3. The van der Waals surface area contributed by atoms with Crippen LogP contribution in [0.1, 0.15) is 23.6 Å². The molecule has 1 atom stereocenters. The van der Waals surface area contributed by atoms with Crippen molar-refractivity contribution in [2.75, 3.05) is 39.8 Å². The van der Waals surface area contributed by atoms with Gasteiger partial charge in [0.25, 0.3) is 0 Å². The highest BCUT2D eigenvalue weighted by Crippen LogP contribution is 2.26. The van der Waals surface area contributed by atoms with Crippen molar-refractivity contribution in [1.82, 2.24) is 9.80 Å². The van der Waals surface area contributed by atoms with Gasteiger partial charge in [0.05, 0.1) is 0 Å². The second-order valence-corrected chi connectivity index (χ2v) is 5.44. The number of piperazine rings is 1. The lowest BCUT2D eigenvalue weighted by molar-refractivity contribution is 0.108. The highest BCUT2D eigenvalue weighted by Gasteiger charge is 2.23. The molecule has 1 heterocycles. The number of halogens is 1. The molecule has 0 spiro atoms. The van der Waals surface area contributed by atoms with Crippen molar-refractivity contribution in [1.29, 1.82) is 0 Å². The van der Waals surface area contributed by atoms with Gasteiger partial charge in [-0.15, -0.1) is 0 Å². The Morgan fingerprint density at radius 3 is 2.53 bits per heavy atom. The minimum atomic E-state index is -0.131. The smallest absolute Gasteiger partial charge is 0.126 e. The van der Waals surface area contributed by atoms with Gasteiger partial charge in [0, 0.05) is 32.2 Å². The van der Waals surface area contributed by atoms with Crippen LogP contribution in [-0.4, -0.2) is 49.6 Å². The second-order valence-electron chi connectivity index (χ2n) is 5.44. The number of benzene rings is 1. The van der Waals surface area contributed by atoms with E-state index < -0.39 is 0 Å². The van der Waals surface area contributed by atoms with E-state index in [0.29, 0.717) is 18.2 Å². The Kier molecular flexibility index (Phi) is 4.91. The minimum Gasteiger partial charge on any atom is -0.330 e. The SMILES string of the molecule is Cc1cc(C(CCN)N2CCN(C)CC2)ccc1F. The Morgan fingerprint density at radius 2 is 1.95 bits per heavy atom. The Bertz CT molecular complexity index is 414. The second kappa shape index (κ2) is 6.46. The molecule has 1 aliphatic heterocycles. The van der Waals surface area contributed by atoms with Crippen LogP contribution >= 0.6 is 0 Å². The molecule has 3 nitrogen and oxygen atoms in total. The number of hydrogen-bond acceptors (Lipinski definition) is 3. The number of aryl methyl sites for hydroxylation is 1. The molecule has 1 aliphatic rings. The summed E-state index contributed by atoms with van der Waals surface area (Å²) >= 11 is 0. The number of nitrogens with two attached hydrogens (primary N) is 1. The fourth-order valence-electron chi connectivity index (χ4n) is 2.73. The van der Waals surface area contributed by atoms with Crippen LogP contribution in [0.3, 0.4) is 0 Å². The van der Waals surface area contributed by atoms with Gasteiger partial charge in [-0.1, -0.05) is 12.1 Å². The monoisotopic (exact) mass is 265 g/mol. The molecule has 1 unspecified atom stereocenters. The van der Waals surface area contributed by atoms with Crippen LogP contribution in [0.15, 0.2) is 18.2 Å². The fourth-order valence-corrected chi connectivity index (χ4v) is 2.73. The highest BCUT2D eigenvalue weighted by molar-refractivity contribution is 5.26. The Morgan fingerprint density at radius 1 is 1.26 bits per heavy atom. The van der Waals surface area contributed by atoms with Crippen molar-refractivity contribution in [2.24, 2.45) is 5.73 Å². The summed E-state index contributed by atoms with van der Waals surface area (Å²) in [5.74, 6) is -0.131. The third-order valence-corrected chi connectivity index (χ3v) is 3.99. The largest absolute Gasteiger partial charge is 0.330 e. The molecule has 0 aromatic heterocycles. The number of rotatable bonds is 4. The van der Waals surface area contributed by atoms with Crippen molar-refractivity contribution in [3.05, 3.63) is 35.1 Å². The predicted octanol–water partition coefficient (Wildman–Crippen LogP) is 1.77. The predicted molar refractivity (Wildman–Crippen MR) is 76.6 cm³/mol. The van der Waals surface area contributed by atoms with Crippen LogP contribution in [0.4, 0.5) is 4.39 Å². The molecule has 1 aromatic rings. The molecule has 0 radical (unpaired) electrons. The summed E-state index contributed by atoms with van der Waals surface area (Å²) in [6, 6.07) is 5.76. The van der Waals surface area contributed by atoms with Crippen LogP contribution in [0, 0.1) is 12.7 Å². The van der Waals surface area contributed by atoms with Crippen molar-refractivity contribution in [2.45, 2.75) is 19.4 Å². The van der Waals surface area contributed by atoms with Gasteiger partial charge in [-0.2, -0.15) is 0 Å². The van der Waals surface area contributed by atoms with Crippen molar-refractivity contribution in [3.63, 3.8) is 0 Å². The molecular formula is C15H24FN3. The maximum absolute atomic E-state index is 13.4. The van der Waals surface area contributed by atoms with E-state index in [1.54, 1.807) is 6.07 Å². The van der Waals surface area contributed by atoms with Gasteiger partial charge in [-0.3, -0.25) is 4.90 Å². The van der Waals surface area contributed by atoms with Gasteiger partial charge in [-0.05, 0) is 44.1 Å². The molecule has 0 saturated carbocycles. The molecule has 0 aliphatic carbocycles. The number of nitrogens with zero attached hydrogens (tertiary/aromatic N) is 2. The summed E-state index contributed by atoms with van der Waals surface area (Å²) in [5, 5.41) is 0. The maximum Gasteiger partial charge on any atom is 0.126 e. The molecule has 19 heavy (non-hydrogen) atoms. The molecule has 4 heteroatoms. The zero-order valence-electron chi connectivity index (χ0n) is 11.9. The van der Waals surface area contributed by atoms with E-state index in [1.807, 2.05) is 19.1 Å². The molecule has 1 saturated heterocycles.